The molecule has 0 aliphatic carbocycles. The van der Waals surface area contributed by atoms with Gasteiger partial charge in [0.25, 0.3) is 0 Å². The Morgan fingerprint density at radius 2 is 2.05 bits per heavy atom. The predicted molar refractivity (Wildman–Crippen MR) is 134 cm³/mol. The zero-order valence-corrected chi connectivity index (χ0v) is 21.2. The molecule has 0 saturated heterocycles. The van der Waals surface area contributed by atoms with Crippen molar-refractivity contribution in [3.05, 3.63) is 41.5 Å². The summed E-state index contributed by atoms with van der Waals surface area (Å²) in [5, 5.41) is 15.6. The first-order valence-electron chi connectivity index (χ1n) is 12.5. The number of nitrogens with zero attached hydrogens (tertiary/aromatic N) is 4. The van der Waals surface area contributed by atoms with Crippen LogP contribution >= 0.6 is 0 Å². The Bertz CT molecular complexity index is 1020. The zero-order valence-electron chi connectivity index (χ0n) is 21.2. The molecule has 0 aromatic carbocycles. The number of carboxylic acid groups (broad SMARTS) is 1. The van der Waals surface area contributed by atoms with E-state index in [9.17, 15) is 23.1 Å². The molecule has 2 aromatic heterocycles. The molecule has 9 nitrogen and oxygen atoms in total. The Hall–Kier alpha value is -2.99. The van der Waals surface area contributed by atoms with Crippen molar-refractivity contribution in [2.45, 2.75) is 63.8 Å². The lowest BCUT2D eigenvalue weighted by Gasteiger charge is -2.27. The summed E-state index contributed by atoms with van der Waals surface area (Å²) >= 11 is 0. The minimum Gasteiger partial charge on any atom is -0.480 e. The van der Waals surface area contributed by atoms with Crippen molar-refractivity contribution in [2.75, 3.05) is 43.9 Å². The molecular weight excluding hydrogens is 489 g/mol. The largest absolute Gasteiger partial charge is 0.480 e. The molecule has 1 aliphatic rings. The Morgan fingerprint density at radius 3 is 2.78 bits per heavy atom. The number of aryl methyl sites for hydroxylation is 2. The van der Waals surface area contributed by atoms with Crippen LogP contribution in [0.15, 0.2) is 24.4 Å². The summed E-state index contributed by atoms with van der Waals surface area (Å²) in [5.41, 5.74) is 2.30. The number of carbonyl (C=O) groups is 1. The first-order valence-corrected chi connectivity index (χ1v) is 12.5. The molecule has 2 atom stereocenters. The van der Waals surface area contributed by atoms with Gasteiger partial charge in [-0.25, -0.2) is 19.7 Å². The summed E-state index contributed by atoms with van der Waals surface area (Å²) in [6, 6.07) is 4.34. The summed E-state index contributed by atoms with van der Waals surface area (Å²) in [4.78, 5) is 25.3. The number of nitrogens with one attached hydrogen (secondary N) is 2. The SMILES string of the molecule is COC(C)CN(CCCCc1ccc2c(n1)NCCC2)CCC(Nc1ccnc(C(F)(F)F)n1)C(=O)O. The lowest BCUT2D eigenvalue weighted by molar-refractivity contribution is -0.144. The number of ether oxygens (including phenoxy) is 1. The van der Waals surface area contributed by atoms with E-state index in [1.54, 1.807) is 7.11 Å². The maximum Gasteiger partial charge on any atom is 0.451 e. The number of unbranched alkanes of at least 4 members (excludes halogenated alkanes) is 1. The quantitative estimate of drug-likeness (QED) is 0.317. The number of methoxy groups -OCH3 is 1. The highest BCUT2D eigenvalue weighted by molar-refractivity contribution is 5.76. The summed E-state index contributed by atoms with van der Waals surface area (Å²) in [7, 11) is 1.62. The van der Waals surface area contributed by atoms with Crippen LogP contribution in [-0.4, -0.2) is 76.4 Å². The van der Waals surface area contributed by atoms with E-state index in [1.807, 2.05) is 6.92 Å². The van der Waals surface area contributed by atoms with Crippen molar-refractivity contribution in [1.29, 1.82) is 0 Å². The molecule has 2 unspecified atom stereocenters. The van der Waals surface area contributed by atoms with Gasteiger partial charge in [-0.05, 0) is 69.7 Å². The standard InChI is InChI=1S/C25H35F3N6O3/c1-17(37-2)16-34(14-4-3-7-19-9-8-18-6-5-12-29-22(18)31-19)15-11-20(23(35)36)32-21-10-13-30-24(33-21)25(26,27)28/h8-10,13,17,20H,3-7,11-12,14-16H2,1-2H3,(H,29,31)(H,35,36)(H,30,32,33). The number of fused-ring (bicyclic) bond motifs is 1. The molecule has 37 heavy (non-hydrogen) atoms. The molecule has 0 bridgehead atoms. The fourth-order valence-electron chi connectivity index (χ4n) is 4.21. The molecule has 3 N–H and O–H groups in total. The van der Waals surface area contributed by atoms with Gasteiger partial charge < -0.3 is 25.4 Å². The zero-order chi connectivity index (χ0) is 26.8. The first kappa shape index (κ1) is 28.6. The third-order valence-electron chi connectivity index (χ3n) is 6.29. The van der Waals surface area contributed by atoms with Crippen LogP contribution in [0.2, 0.25) is 0 Å². The molecule has 204 valence electrons. The van der Waals surface area contributed by atoms with E-state index in [-0.39, 0.29) is 18.3 Å². The van der Waals surface area contributed by atoms with Crippen molar-refractivity contribution in [2.24, 2.45) is 0 Å². The number of carboxylic acids is 1. The fourth-order valence-corrected chi connectivity index (χ4v) is 4.21. The Balaban J connectivity index is 1.53. The smallest absolute Gasteiger partial charge is 0.451 e. The number of rotatable bonds is 14. The summed E-state index contributed by atoms with van der Waals surface area (Å²) in [6.45, 7) is 4.65. The van der Waals surface area contributed by atoms with Crippen LogP contribution in [0.1, 0.15) is 49.7 Å². The molecule has 0 radical (unpaired) electrons. The molecule has 0 amide bonds. The second-order valence-corrected chi connectivity index (χ2v) is 9.23. The third-order valence-corrected chi connectivity index (χ3v) is 6.29. The van der Waals surface area contributed by atoms with Crippen molar-refractivity contribution in [1.82, 2.24) is 19.9 Å². The van der Waals surface area contributed by atoms with E-state index in [1.165, 1.54) is 11.6 Å². The molecule has 3 heterocycles. The van der Waals surface area contributed by atoms with E-state index in [0.717, 1.165) is 62.9 Å². The molecule has 0 spiro atoms. The van der Waals surface area contributed by atoms with Crippen molar-refractivity contribution in [3.8, 4) is 0 Å². The van der Waals surface area contributed by atoms with Gasteiger partial charge in [0.15, 0.2) is 0 Å². The van der Waals surface area contributed by atoms with Crippen LogP contribution in [0, 0.1) is 0 Å². The lowest BCUT2D eigenvalue weighted by atomic mass is 10.1. The van der Waals surface area contributed by atoms with Gasteiger partial charge in [0.1, 0.15) is 17.7 Å². The summed E-state index contributed by atoms with van der Waals surface area (Å²) < 4.78 is 44.1. The van der Waals surface area contributed by atoms with Gasteiger partial charge in [0, 0.05) is 38.6 Å². The Labute approximate surface area is 214 Å². The van der Waals surface area contributed by atoms with Gasteiger partial charge in [-0.15, -0.1) is 0 Å². The second-order valence-electron chi connectivity index (χ2n) is 9.23. The highest BCUT2D eigenvalue weighted by Crippen LogP contribution is 2.26. The maximum atomic E-state index is 12.9. The van der Waals surface area contributed by atoms with Crippen molar-refractivity contribution >= 4 is 17.6 Å². The van der Waals surface area contributed by atoms with Gasteiger partial charge in [-0.1, -0.05) is 6.07 Å². The number of aliphatic carboxylic acids is 1. The molecule has 3 rings (SSSR count). The third kappa shape index (κ3) is 9.12. The molecule has 12 heteroatoms. The predicted octanol–water partition coefficient (Wildman–Crippen LogP) is 3.86. The van der Waals surface area contributed by atoms with Crippen LogP contribution < -0.4 is 10.6 Å². The minimum atomic E-state index is -4.71. The normalized spacial score (nSPS) is 15.1. The maximum absolute atomic E-state index is 12.9. The molecular formula is C25H35F3N6O3. The van der Waals surface area contributed by atoms with Crippen LogP contribution in [0.25, 0.3) is 0 Å². The Kier molecular flexibility index (Phi) is 10.4. The van der Waals surface area contributed by atoms with Crippen molar-refractivity contribution < 1.29 is 27.8 Å². The fraction of sp³-hybridized carbons (Fsp3) is 0.600. The minimum absolute atomic E-state index is 0.0548. The highest BCUT2D eigenvalue weighted by Gasteiger charge is 2.35. The van der Waals surface area contributed by atoms with E-state index < -0.39 is 24.0 Å². The van der Waals surface area contributed by atoms with Gasteiger partial charge in [-0.2, -0.15) is 13.2 Å². The second kappa shape index (κ2) is 13.5. The number of aromatic nitrogens is 3. The Morgan fingerprint density at radius 1 is 1.24 bits per heavy atom. The van der Waals surface area contributed by atoms with E-state index >= 15 is 0 Å². The van der Waals surface area contributed by atoms with Crippen LogP contribution in [0.5, 0.6) is 0 Å². The number of pyridine rings is 1. The number of hydrogen-bond donors (Lipinski definition) is 3. The first-order chi connectivity index (χ1) is 17.7. The molecule has 1 aliphatic heterocycles. The van der Waals surface area contributed by atoms with Crippen LogP contribution in [0.4, 0.5) is 24.8 Å². The van der Waals surface area contributed by atoms with Crippen LogP contribution in [0.3, 0.4) is 0 Å². The molecule has 2 aromatic rings. The highest BCUT2D eigenvalue weighted by atomic mass is 19.4. The summed E-state index contributed by atoms with van der Waals surface area (Å²) in [5.74, 6) is -1.68. The van der Waals surface area contributed by atoms with Crippen molar-refractivity contribution in [3.63, 3.8) is 0 Å². The lowest BCUT2D eigenvalue weighted by Crippen LogP contribution is -2.38. The van der Waals surface area contributed by atoms with E-state index in [4.69, 9.17) is 9.72 Å². The monoisotopic (exact) mass is 524 g/mol. The van der Waals surface area contributed by atoms with Gasteiger partial charge in [0.05, 0.1) is 6.10 Å². The number of alkyl halides is 3. The van der Waals surface area contributed by atoms with Gasteiger partial charge >= 0.3 is 12.1 Å². The molecule has 0 fully saturated rings. The number of anilines is 2. The summed E-state index contributed by atoms with van der Waals surface area (Å²) in [6.07, 6.45) is 1.18. The molecule has 0 saturated carbocycles. The van der Waals surface area contributed by atoms with E-state index in [2.05, 4.69) is 37.6 Å². The van der Waals surface area contributed by atoms with Gasteiger partial charge in [-0.3, -0.25) is 0 Å². The van der Waals surface area contributed by atoms with Gasteiger partial charge in [0.2, 0.25) is 5.82 Å². The number of hydrogen-bond acceptors (Lipinski definition) is 8. The topological polar surface area (TPSA) is 113 Å². The van der Waals surface area contributed by atoms with Crippen LogP contribution in [-0.2, 0) is 28.5 Å². The average molecular weight is 525 g/mol. The number of halogens is 3. The van der Waals surface area contributed by atoms with E-state index in [0.29, 0.717) is 13.1 Å². The average Bonchev–Trinajstić information content (AvgIpc) is 2.88.